The van der Waals surface area contributed by atoms with Gasteiger partial charge in [0.2, 0.25) is 5.91 Å². The molecule has 1 rings (SSSR count). The van der Waals surface area contributed by atoms with Crippen LogP contribution in [0.5, 0.6) is 0 Å². The van der Waals surface area contributed by atoms with E-state index in [1.54, 1.807) is 0 Å². The van der Waals surface area contributed by atoms with Crippen molar-refractivity contribution >= 4 is 23.4 Å². The lowest BCUT2D eigenvalue weighted by Crippen LogP contribution is -2.18. The summed E-state index contributed by atoms with van der Waals surface area (Å²) >= 11 is -0.578. The lowest BCUT2D eigenvalue weighted by molar-refractivity contribution is -0.137. The molecule has 0 atom stereocenters. The molecule has 0 heterocycles. The monoisotopic (exact) mass is 332 g/mol. The van der Waals surface area contributed by atoms with Crippen molar-refractivity contribution in [3.05, 3.63) is 29.3 Å². The van der Waals surface area contributed by atoms with Crippen molar-refractivity contribution < 1.29 is 31.1 Å². The summed E-state index contributed by atoms with van der Waals surface area (Å²) in [6.45, 7) is -0.204. The molecule has 0 spiro atoms. The molecule has 0 fully saturated rings. The van der Waals surface area contributed by atoms with Crippen molar-refractivity contribution in [2.24, 2.45) is 5.73 Å². The summed E-state index contributed by atoms with van der Waals surface area (Å²) in [4.78, 5) is 11.3. The molecule has 0 aromatic heterocycles. The Hall–Kier alpha value is -1.42. The maximum atomic E-state index is 12.6. The van der Waals surface area contributed by atoms with Crippen LogP contribution in [0.1, 0.15) is 11.1 Å². The molecule has 21 heavy (non-hydrogen) atoms. The number of carbonyl (C=O) groups is 1. The summed E-state index contributed by atoms with van der Waals surface area (Å²) in [5.74, 6) is -2.00. The predicted octanol–water partition coefficient (Wildman–Crippen LogP) is 3.36. The molecule has 10 heteroatoms. The fourth-order valence-electron chi connectivity index (χ4n) is 1.39. The van der Waals surface area contributed by atoms with Crippen LogP contribution >= 0.6 is 11.8 Å². The van der Waals surface area contributed by atoms with Gasteiger partial charge in [-0.3, -0.25) is 4.79 Å². The number of carbonyl (C=O) groups excluding carboxylic acids is 1. The maximum absolute atomic E-state index is 12.6. The summed E-state index contributed by atoms with van der Waals surface area (Å²) < 4.78 is 73.6. The average Bonchev–Trinajstić information content (AvgIpc) is 2.34. The molecule has 1 aromatic carbocycles. The van der Waals surface area contributed by atoms with E-state index in [0.29, 0.717) is 6.07 Å². The number of thioether (sulfide) groups is 1. The molecular weight excluding hydrogens is 322 g/mol. The SMILES string of the molecule is NCc1cc(NC(=O)CSC(F)(F)F)cc(C(F)(F)F)c1. The predicted molar refractivity (Wildman–Crippen MR) is 66.5 cm³/mol. The summed E-state index contributed by atoms with van der Waals surface area (Å²) in [5, 5.41) is 1.99. The van der Waals surface area contributed by atoms with Gasteiger partial charge in [0.25, 0.3) is 0 Å². The topological polar surface area (TPSA) is 55.1 Å². The molecule has 0 aliphatic rings. The zero-order chi connectivity index (χ0) is 16.3. The standard InChI is InChI=1S/C11H10F6N2OS/c12-10(13,14)7-1-6(4-18)2-8(3-7)19-9(20)5-21-11(15,16)17/h1-3H,4-5,18H2,(H,19,20). The third kappa shape index (κ3) is 6.25. The Balaban J connectivity index is 2.85. The molecule has 1 aromatic rings. The second-order valence-electron chi connectivity index (χ2n) is 3.90. The quantitative estimate of drug-likeness (QED) is 0.832. The van der Waals surface area contributed by atoms with Crippen LogP contribution in [0, 0.1) is 0 Å². The van der Waals surface area contributed by atoms with Crippen LogP contribution in [-0.4, -0.2) is 17.2 Å². The molecular formula is C11H10F6N2OS. The molecule has 0 unspecified atom stereocenters. The molecule has 0 bridgehead atoms. The van der Waals surface area contributed by atoms with E-state index in [2.05, 4.69) is 0 Å². The van der Waals surface area contributed by atoms with E-state index in [1.165, 1.54) is 6.07 Å². The van der Waals surface area contributed by atoms with Crippen LogP contribution in [0.15, 0.2) is 18.2 Å². The molecule has 118 valence electrons. The van der Waals surface area contributed by atoms with Crippen LogP contribution in [0.2, 0.25) is 0 Å². The summed E-state index contributed by atoms with van der Waals surface area (Å²) in [6, 6.07) is 2.61. The van der Waals surface area contributed by atoms with Gasteiger partial charge in [-0.2, -0.15) is 26.3 Å². The van der Waals surface area contributed by atoms with Crippen molar-refractivity contribution in [2.45, 2.75) is 18.2 Å². The number of amides is 1. The van der Waals surface area contributed by atoms with Gasteiger partial charge in [0.15, 0.2) is 0 Å². The van der Waals surface area contributed by atoms with Gasteiger partial charge in [-0.15, -0.1) is 0 Å². The van der Waals surface area contributed by atoms with Crippen molar-refractivity contribution in [1.82, 2.24) is 0 Å². The Kier molecular flexibility index (Phi) is 5.51. The zero-order valence-electron chi connectivity index (χ0n) is 10.3. The van der Waals surface area contributed by atoms with Gasteiger partial charge >= 0.3 is 11.7 Å². The van der Waals surface area contributed by atoms with E-state index in [-0.39, 0.29) is 17.8 Å². The van der Waals surface area contributed by atoms with Crippen molar-refractivity contribution in [1.29, 1.82) is 0 Å². The fourth-order valence-corrected chi connectivity index (χ4v) is 1.76. The first kappa shape index (κ1) is 17.6. The van der Waals surface area contributed by atoms with Gasteiger partial charge in [-0.05, 0) is 35.5 Å². The number of anilines is 1. The van der Waals surface area contributed by atoms with Crippen LogP contribution in [0.4, 0.5) is 32.0 Å². The Bertz CT molecular complexity index is 514. The number of nitrogens with two attached hydrogens (primary N) is 1. The first-order valence-corrected chi connectivity index (χ1v) is 6.41. The van der Waals surface area contributed by atoms with Gasteiger partial charge in [0, 0.05) is 12.2 Å². The minimum Gasteiger partial charge on any atom is -0.326 e. The molecule has 1 amide bonds. The van der Waals surface area contributed by atoms with Gasteiger partial charge in [-0.25, -0.2) is 0 Å². The molecule has 3 N–H and O–H groups in total. The van der Waals surface area contributed by atoms with E-state index in [0.717, 1.165) is 6.07 Å². The largest absolute Gasteiger partial charge is 0.442 e. The maximum Gasteiger partial charge on any atom is 0.442 e. The van der Waals surface area contributed by atoms with Crippen molar-refractivity contribution in [3.63, 3.8) is 0 Å². The summed E-state index contributed by atoms with van der Waals surface area (Å²) in [6.07, 6.45) is -4.65. The molecule has 0 saturated heterocycles. The highest BCUT2D eigenvalue weighted by atomic mass is 32.2. The third-order valence-electron chi connectivity index (χ3n) is 2.21. The first-order valence-electron chi connectivity index (χ1n) is 5.43. The Morgan fingerprint density at radius 1 is 1.14 bits per heavy atom. The normalized spacial score (nSPS) is 12.3. The second-order valence-corrected chi connectivity index (χ2v) is 4.94. The van der Waals surface area contributed by atoms with E-state index in [9.17, 15) is 31.1 Å². The third-order valence-corrected chi connectivity index (χ3v) is 2.94. The summed E-state index contributed by atoms with van der Waals surface area (Å²) in [5.41, 5.74) is -0.534. The summed E-state index contributed by atoms with van der Waals surface area (Å²) in [7, 11) is 0. The van der Waals surface area contributed by atoms with Crippen LogP contribution in [0.3, 0.4) is 0 Å². The molecule has 0 radical (unpaired) electrons. The Morgan fingerprint density at radius 3 is 2.24 bits per heavy atom. The fraction of sp³-hybridized carbons (Fsp3) is 0.364. The second kappa shape index (κ2) is 6.56. The van der Waals surface area contributed by atoms with E-state index >= 15 is 0 Å². The zero-order valence-corrected chi connectivity index (χ0v) is 11.1. The number of hydrogen-bond acceptors (Lipinski definition) is 3. The van der Waals surface area contributed by atoms with E-state index in [4.69, 9.17) is 5.73 Å². The van der Waals surface area contributed by atoms with Gasteiger partial charge in [0.1, 0.15) is 0 Å². The molecule has 0 aliphatic heterocycles. The highest BCUT2D eigenvalue weighted by Crippen LogP contribution is 2.32. The number of hydrogen-bond donors (Lipinski definition) is 2. The molecule has 0 aliphatic carbocycles. The number of benzene rings is 1. The van der Waals surface area contributed by atoms with Gasteiger partial charge in [-0.1, -0.05) is 0 Å². The van der Waals surface area contributed by atoms with Crippen molar-refractivity contribution in [3.8, 4) is 0 Å². The average molecular weight is 332 g/mol. The number of rotatable bonds is 4. The molecule has 0 saturated carbocycles. The first-order chi connectivity index (χ1) is 9.51. The molecule has 3 nitrogen and oxygen atoms in total. The van der Waals surface area contributed by atoms with Crippen LogP contribution in [-0.2, 0) is 17.5 Å². The smallest absolute Gasteiger partial charge is 0.326 e. The number of alkyl halides is 6. The minimum atomic E-state index is -4.65. The van der Waals surface area contributed by atoms with Crippen LogP contribution in [0.25, 0.3) is 0 Å². The highest BCUT2D eigenvalue weighted by molar-refractivity contribution is 8.00. The minimum absolute atomic E-state index is 0.101. The lowest BCUT2D eigenvalue weighted by atomic mass is 10.1. The van der Waals surface area contributed by atoms with Gasteiger partial charge < -0.3 is 11.1 Å². The number of nitrogens with one attached hydrogen (secondary N) is 1. The van der Waals surface area contributed by atoms with Crippen molar-refractivity contribution in [2.75, 3.05) is 11.1 Å². The van der Waals surface area contributed by atoms with Gasteiger partial charge in [0.05, 0.1) is 11.3 Å². The van der Waals surface area contributed by atoms with E-state index in [1.807, 2.05) is 5.32 Å². The Morgan fingerprint density at radius 2 is 1.76 bits per heavy atom. The van der Waals surface area contributed by atoms with E-state index < -0.39 is 40.7 Å². The van der Waals surface area contributed by atoms with Crippen LogP contribution < -0.4 is 11.1 Å². The lowest BCUT2D eigenvalue weighted by Gasteiger charge is -2.12. The Labute approximate surface area is 119 Å². The number of halogens is 6. The highest BCUT2D eigenvalue weighted by Gasteiger charge is 2.32.